The highest BCUT2D eigenvalue weighted by Gasteiger charge is 2.17. The molecule has 2 atom stereocenters. The van der Waals surface area contributed by atoms with Gasteiger partial charge in [0.15, 0.2) is 5.78 Å². The SMILES string of the molecule is CCC(=O)c1ccc(C(O)C(O)CCNC)cc1. The lowest BCUT2D eigenvalue weighted by Gasteiger charge is -2.18. The first-order valence-electron chi connectivity index (χ1n) is 6.24. The van der Waals surface area contributed by atoms with Crippen LogP contribution in [0.15, 0.2) is 24.3 Å². The minimum Gasteiger partial charge on any atom is -0.390 e. The summed E-state index contributed by atoms with van der Waals surface area (Å²) in [5, 5.41) is 22.6. The van der Waals surface area contributed by atoms with E-state index in [2.05, 4.69) is 5.32 Å². The number of hydrogen-bond acceptors (Lipinski definition) is 4. The van der Waals surface area contributed by atoms with E-state index in [4.69, 9.17) is 0 Å². The van der Waals surface area contributed by atoms with Crippen molar-refractivity contribution in [2.75, 3.05) is 13.6 Å². The van der Waals surface area contributed by atoms with E-state index < -0.39 is 12.2 Å². The molecule has 0 aliphatic rings. The Bertz CT molecular complexity index is 375. The highest BCUT2D eigenvalue weighted by molar-refractivity contribution is 5.95. The summed E-state index contributed by atoms with van der Waals surface area (Å²) in [6.45, 7) is 2.46. The average Bonchev–Trinajstić information content (AvgIpc) is 2.43. The van der Waals surface area contributed by atoms with Crippen LogP contribution < -0.4 is 5.32 Å². The van der Waals surface area contributed by atoms with Crippen LogP contribution >= 0.6 is 0 Å². The third-order valence-corrected chi connectivity index (χ3v) is 2.95. The first kappa shape index (κ1) is 14.8. The molecule has 18 heavy (non-hydrogen) atoms. The number of carbonyl (C=O) groups is 1. The van der Waals surface area contributed by atoms with Gasteiger partial charge < -0.3 is 15.5 Å². The molecule has 0 amide bonds. The van der Waals surface area contributed by atoms with E-state index in [9.17, 15) is 15.0 Å². The normalized spacial score (nSPS) is 14.2. The summed E-state index contributed by atoms with van der Waals surface area (Å²) in [5.74, 6) is 0.0757. The minimum absolute atomic E-state index is 0.0757. The number of aliphatic hydroxyl groups is 2. The number of rotatable bonds is 7. The third kappa shape index (κ3) is 3.91. The lowest BCUT2D eigenvalue weighted by Crippen LogP contribution is -2.23. The van der Waals surface area contributed by atoms with Gasteiger partial charge in [-0.25, -0.2) is 0 Å². The molecule has 0 radical (unpaired) electrons. The molecule has 0 aromatic heterocycles. The number of aliphatic hydroxyl groups excluding tert-OH is 2. The smallest absolute Gasteiger partial charge is 0.162 e. The van der Waals surface area contributed by atoms with E-state index in [1.54, 1.807) is 31.3 Å². The van der Waals surface area contributed by atoms with Crippen LogP contribution in [0.1, 0.15) is 41.8 Å². The van der Waals surface area contributed by atoms with Crippen molar-refractivity contribution in [2.24, 2.45) is 0 Å². The first-order chi connectivity index (χ1) is 8.60. The van der Waals surface area contributed by atoms with Gasteiger partial charge >= 0.3 is 0 Å². The second-order valence-corrected chi connectivity index (χ2v) is 4.30. The van der Waals surface area contributed by atoms with Crippen molar-refractivity contribution in [1.29, 1.82) is 0 Å². The molecule has 4 nitrogen and oxygen atoms in total. The van der Waals surface area contributed by atoms with E-state index in [0.717, 1.165) is 0 Å². The van der Waals surface area contributed by atoms with E-state index in [0.29, 0.717) is 30.5 Å². The van der Waals surface area contributed by atoms with Crippen molar-refractivity contribution in [1.82, 2.24) is 5.32 Å². The summed E-state index contributed by atoms with van der Waals surface area (Å²) in [6, 6.07) is 6.76. The zero-order valence-electron chi connectivity index (χ0n) is 10.9. The summed E-state index contributed by atoms with van der Waals surface area (Å²) in [7, 11) is 1.80. The quantitative estimate of drug-likeness (QED) is 0.639. The van der Waals surface area contributed by atoms with Gasteiger partial charge in [0.05, 0.1) is 6.10 Å². The van der Waals surface area contributed by atoms with Crippen LogP contribution in [0, 0.1) is 0 Å². The molecule has 0 saturated heterocycles. The van der Waals surface area contributed by atoms with Crippen molar-refractivity contribution < 1.29 is 15.0 Å². The number of nitrogens with one attached hydrogen (secondary N) is 1. The van der Waals surface area contributed by atoms with E-state index in [1.165, 1.54) is 0 Å². The number of Topliss-reactive ketones (excluding diaryl/α,β-unsaturated/α-hetero) is 1. The van der Waals surface area contributed by atoms with Gasteiger partial charge in [-0.1, -0.05) is 31.2 Å². The van der Waals surface area contributed by atoms with Crippen LogP contribution in [0.4, 0.5) is 0 Å². The molecule has 1 aromatic carbocycles. The Balaban J connectivity index is 2.69. The summed E-state index contributed by atoms with van der Waals surface area (Å²) in [6.07, 6.45) is -0.769. The van der Waals surface area contributed by atoms with Gasteiger partial charge in [0.1, 0.15) is 6.10 Å². The molecular weight excluding hydrogens is 230 g/mol. The molecule has 0 heterocycles. The lowest BCUT2D eigenvalue weighted by atomic mass is 9.99. The number of carbonyl (C=O) groups excluding carboxylic acids is 1. The van der Waals surface area contributed by atoms with Gasteiger partial charge in [-0.15, -0.1) is 0 Å². The van der Waals surface area contributed by atoms with Gasteiger partial charge in [0.25, 0.3) is 0 Å². The maximum Gasteiger partial charge on any atom is 0.162 e. The van der Waals surface area contributed by atoms with Gasteiger partial charge in [-0.2, -0.15) is 0 Å². The van der Waals surface area contributed by atoms with Crippen LogP contribution in [-0.4, -0.2) is 35.7 Å². The highest BCUT2D eigenvalue weighted by atomic mass is 16.3. The summed E-state index contributed by atoms with van der Waals surface area (Å²) >= 11 is 0. The molecule has 0 fully saturated rings. The zero-order valence-corrected chi connectivity index (χ0v) is 10.9. The van der Waals surface area contributed by atoms with Crippen molar-refractivity contribution in [3.8, 4) is 0 Å². The monoisotopic (exact) mass is 251 g/mol. The molecule has 4 heteroatoms. The number of hydrogen-bond donors (Lipinski definition) is 3. The largest absolute Gasteiger partial charge is 0.390 e. The third-order valence-electron chi connectivity index (χ3n) is 2.95. The second-order valence-electron chi connectivity index (χ2n) is 4.30. The van der Waals surface area contributed by atoms with Crippen LogP contribution in [0.2, 0.25) is 0 Å². The molecule has 0 saturated carbocycles. The predicted molar refractivity (Wildman–Crippen MR) is 70.6 cm³/mol. The fraction of sp³-hybridized carbons (Fsp3) is 0.500. The number of benzene rings is 1. The van der Waals surface area contributed by atoms with Crippen LogP contribution in [0.5, 0.6) is 0 Å². The molecule has 100 valence electrons. The Morgan fingerprint density at radius 1 is 1.28 bits per heavy atom. The Kier molecular flexibility index (Phi) is 5.98. The lowest BCUT2D eigenvalue weighted by molar-refractivity contribution is 0.0140. The van der Waals surface area contributed by atoms with Gasteiger partial charge in [-0.05, 0) is 25.6 Å². The second kappa shape index (κ2) is 7.26. The molecule has 0 aliphatic heterocycles. The maximum atomic E-state index is 11.4. The number of ketones is 1. The van der Waals surface area contributed by atoms with Gasteiger partial charge in [0, 0.05) is 12.0 Å². The average molecular weight is 251 g/mol. The zero-order chi connectivity index (χ0) is 13.5. The molecule has 1 rings (SSSR count). The van der Waals surface area contributed by atoms with Crippen LogP contribution in [-0.2, 0) is 0 Å². The Hall–Kier alpha value is -1.23. The molecule has 2 unspecified atom stereocenters. The molecule has 0 spiro atoms. The fourth-order valence-corrected chi connectivity index (χ4v) is 1.74. The van der Waals surface area contributed by atoms with Crippen molar-refractivity contribution in [3.63, 3.8) is 0 Å². The van der Waals surface area contributed by atoms with E-state index in [1.807, 2.05) is 6.92 Å². The first-order valence-corrected chi connectivity index (χ1v) is 6.24. The molecule has 1 aromatic rings. The van der Waals surface area contributed by atoms with E-state index >= 15 is 0 Å². The Morgan fingerprint density at radius 3 is 2.39 bits per heavy atom. The van der Waals surface area contributed by atoms with Crippen LogP contribution in [0.25, 0.3) is 0 Å². The molecular formula is C14H21NO3. The van der Waals surface area contributed by atoms with E-state index in [-0.39, 0.29) is 5.78 Å². The minimum atomic E-state index is -0.913. The van der Waals surface area contributed by atoms with Crippen LogP contribution in [0.3, 0.4) is 0 Å². The van der Waals surface area contributed by atoms with Gasteiger partial charge in [0.2, 0.25) is 0 Å². The molecule has 0 bridgehead atoms. The summed E-state index contributed by atoms with van der Waals surface area (Å²) in [4.78, 5) is 11.4. The summed E-state index contributed by atoms with van der Waals surface area (Å²) in [5.41, 5.74) is 1.27. The topological polar surface area (TPSA) is 69.6 Å². The van der Waals surface area contributed by atoms with Gasteiger partial charge in [-0.3, -0.25) is 4.79 Å². The molecule has 0 aliphatic carbocycles. The van der Waals surface area contributed by atoms with Crippen molar-refractivity contribution >= 4 is 5.78 Å². The maximum absolute atomic E-state index is 11.4. The summed E-state index contributed by atoms with van der Waals surface area (Å²) < 4.78 is 0. The Morgan fingerprint density at radius 2 is 1.89 bits per heavy atom. The standard InChI is InChI=1S/C14H21NO3/c1-3-12(16)10-4-6-11(7-5-10)14(18)13(17)8-9-15-2/h4-7,13-15,17-18H,3,8-9H2,1-2H3. The fourth-order valence-electron chi connectivity index (χ4n) is 1.74. The molecule has 3 N–H and O–H groups in total. The predicted octanol–water partition coefficient (Wildman–Crippen LogP) is 1.28. The van der Waals surface area contributed by atoms with Crippen molar-refractivity contribution in [2.45, 2.75) is 32.0 Å². The highest BCUT2D eigenvalue weighted by Crippen LogP contribution is 2.19. The Labute approximate surface area is 108 Å². The van der Waals surface area contributed by atoms with Crippen molar-refractivity contribution in [3.05, 3.63) is 35.4 Å².